The standard InChI is InChI=1S/C15H21N3O3/c1-17-11-3-4-12(17)8-10(7-11)16-14-6-5-13(18(19)20)9-15(14)21-2/h5-6,9-12,16H,3-4,7-8H2,1-2H3. The van der Waals surface area contributed by atoms with Crippen molar-refractivity contribution >= 4 is 11.4 Å². The molecule has 1 N–H and O–H groups in total. The molecule has 2 saturated heterocycles. The highest BCUT2D eigenvalue weighted by molar-refractivity contribution is 5.61. The first-order chi connectivity index (χ1) is 10.1. The molecule has 2 heterocycles. The summed E-state index contributed by atoms with van der Waals surface area (Å²) >= 11 is 0. The molecule has 0 radical (unpaired) electrons. The van der Waals surface area contributed by atoms with Gasteiger partial charge >= 0.3 is 0 Å². The molecule has 0 aromatic heterocycles. The van der Waals surface area contributed by atoms with Gasteiger partial charge in [0.1, 0.15) is 5.75 Å². The fraction of sp³-hybridized carbons (Fsp3) is 0.600. The van der Waals surface area contributed by atoms with Crippen LogP contribution >= 0.6 is 0 Å². The van der Waals surface area contributed by atoms with E-state index in [4.69, 9.17) is 4.74 Å². The van der Waals surface area contributed by atoms with Crippen molar-refractivity contribution in [2.45, 2.75) is 43.8 Å². The van der Waals surface area contributed by atoms with E-state index >= 15 is 0 Å². The molecule has 0 saturated carbocycles. The van der Waals surface area contributed by atoms with Crippen LogP contribution in [-0.2, 0) is 0 Å². The number of non-ortho nitro benzene ring substituents is 1. The molecule has 0 spiro atoms. The van der Waals surface area contributed by atoms with Crippen molar-refractivity contribution < 1.29 is 9.66 Å². The van der Waals surface area contributed by atoms with Crippen LogP contribution in [0.1, 0.15) is 25.7 Å². The number of ether oxygens (including phenoxy) is 1. The Morgan fingerprint density at radius 2 is 2.00 bits per heavy atom. The van der Waals surface area contributed by atoms with Crippen molar-refractivity contribution in [2.75, 3.05) is 19.5 Å². The van der Waals surface area contributed by atoms with Crippen LogP contribution in [0.2, 0.25) is 0 Å². The van der Waals surface area contributed by atoms with Crippen molar-refractivity contribution in [1.29, 1.82) is 0 Å². The van der Waals surface area contributed by atoms with Crippen molar-refractivity contribution in [3.8, 4) is 5.75 Å². The normalized spacial score (nSPS) is 28.4. The maximum atomic E-state index is 10.8. The monoisotopic (exact) mass is 291 g/mol. The van der Waals surface area contributed by atoms with E-state index in [1.807, 2.05) is 0 Å². The van der Waals surface area contributed by atoms with E-state index < -0.39 is 4.92 Å². The first-order valence-electron chi connectivity index (χ1n) is 7.39. The second kappa shape index (κ2) is 5.52. The number of methoxy groups -OCH3 is 1. The lowest BCUT2D eigenvalue weighted by Crippen LogP contribution is -2.44. The van der Waals surface area contributed by atoms with Gasteiger partial charge in [0.05, 0.1) is 23.8 Å². The summed E-state index contributed by atoms with van der Waals surface area (Å²) in [5.41, 5.74) is 0.901. The van der Waals surface area contributed by atoms with Gasteiger partial charge in [-0.1, -0.05) is 0 Å². The zero-order valence-corrected chi connectivity index (χ0v) is 12.4. The second-order valence-corrected chi connectivity index (χ2v) is 6.00. The average Bonchev–Trinajstić information content (AvgIpc) is 2.70. The Morgan fingerprint density at radius 1 is 1.33 bits per heavy atom. The number of rotatable bonds is 4. The van der Waals surface area contributed by atoms with E-state index in [1.54, 1.807) is 13.2 Å². The molecule has 6 nitrogen and oxygen atoms in total. The van der Waals surface area contributed by atoms with Crippen molar-refractivity contribution in [2.24, 2.45) is 0 Å². The lowest BCUT2D eigenvalue weighted by Gasteiger charge is -2.37. The molecule has 21 heavy (non-hydrogen) atoms. The molecular formula is C15H21N3O3. The van der Waals surface area contributed by atoms with Gasteiger partial charge in [-0.2, -0.15) is 0 Å². The zero-order chi connectivity index (χ0) is 15.0. The van der Waals surface area contributed by atoms with Gasteiger partial charge in [-0.3, -0.25) is 10.1 Å². The van der Waals surface area contributed by atoms with Gasteiger partial charge in [0.25, 0.3) is 5.69 Å². The number of nitrogens with zero attached hydrogens (tertiary/aromatic N) is 2. The molecular weight excluding hydrogens is 270 g/mol. The Hall–Kier alpha value is -1.82. The van der Waals surface area contributed by atoms with E-state index in [-0.39, 0.29) is 5.69 Å². The molecule has 2 unspecified atom stereocenters. The highest BCUT2D eigenvalue weighted by Gasteiger charge is 2.38. The van der Waals surface area contributed by atoms with Crippen molar-refractivity contribution in [3.05, 3.63) is 28.3 Å². The fourth-order valence-electron chi connectivity index (χ4n) is 3.66. The summed E-state index contributed by atoms with van der Waals surface area (Å²) in [6, 6.07) is 6.47. The van der Waals surface area contributed by atoms with E-state index in [9.17, 15) is 10.1 Å². The van der Waals surface area contributed by atoms with Crippen LogP contribution in [-0.4, -0.2) is 42.1 Å². The van der Waals surface area contributed by atoms with Crippen LogP contribution in [0.15, 0.2) is 18.2 Å². The molecule has 0 amide bonds. The summed E-state index contributed by atoms with van der Waals surface area (Å²) in [5.74, 6) is 0.537. The lowest BCUT2D eigenvalue weighted by molar-refractivity contribution is -0.384. The predicted octanol–water partition coefficient (Wildman–Crippen LogP) is 2.64. The summed E-state index contributed by atoms with van der Waals surface area (Å²) in [6.07, 6.45) is 4.79. The molecule has 6 heteroatoms. The quantitative estimate of drug-likeness (QED) is 0.682. The van der Waals surface area contributed by atoms with Crippen LogP contribution in [0.25, 0.3) is 0 Å². The predicted molar refractivity (Wildman–Crippen MR) is 80.9 cm³/mol. The number of nitro groups is 1. The topological polar surface area (TPSA) is 67.6 Å². The number of nitrogens with one attached hydrogen (secondary N) is 1. The van der Waals surface area contributed by atoms with Crippen molar-refractivity contribution in [3.63, 3.8) is 0 Å². The molecule has 0 aliphatic carbocycles. The maximum absolute atomic E-state index is 10.8. The molecule has 2 atom stereocenters. The van der Waals surface area contributed by atoms with Gasteiger partial charge in [0.2, 0.25) is 0 Å². The van der Waals surface area contributed by atoms with E-state index in [0.717, 1.165) is 18.5 Å². The number of nitro benzene ring substituents is 1. The fourth-order valence-corrected chi connectivity index (χ4v) is 3.66. The third-order valence-corrected chi connectivity index (χ3v) is 4.85. The van der Waals surface area contributed by atoms with Gasteiger partial charge in [0, 0.05) is 24.2 Å². The summed E-state index contributed by atoms with van der Waals surface area (Å²) in [6.45, 7) is 0. The smallest absolute Gasteiger partial charge is 0.273 e. The Labute approximate surface area is 124 Å². The Balaban J connectivity index is 1.74. The van der Waals surface area contributed by atoms with Crippen LogP contribution in [0.3, 0.4) is 0 Å². The van der Waals surface area contributed by atoms with Gasteiger partial charge in [-0.15, -0.1) is 0 Å². The minimum absolute atomic E-state index is 0.0563. The van der Waals surface area contributed by atoms with Crippen molar-refractivity contribution in [1.82, 2.24) is 4.90 Å². The Morgan fingerprint density at radius 3 is 2.57 bits per heavy atom. The third-order valence-electron chi connectivity index (χ3n) is 4.85. The van der Waals surface area contributed by atoms with Gasteiger partial charge in [0.15, 0.2) is 0 Å². The number of hydrogen-bond donors (Lipinski definition) is 1. The highest BCUT2D eigenvalue weighted by atomic mass is 16.6. The molecule has 3 rings (SSSR count). The first kappa shape index (κ1) is 14.1. The summed E-state index contributed by atoms with van der Waals surface area (Å²) in [7, 11) is 3.76. The lowest BCUT2D eigenvalue weighted by atomic mass is 9.97. The molecule has 2 bridgehead atoms. The van der Waals surface area contributed by atoms with Crippen LogP contribution in [0.4, 0.5) is 11.4 Å². The second-order valence-electron chi connectivity index (χ2n) is 6.00. The molecule has 2 aliphatic heterocycles. The minimum atomic E-state index is -0.401. The molecule has 2 aliphatic rings. The molecule has 1 aromatic carbocycles. The van der Waals surface area contributed by atoms with E-state index in [0.29, 0.717) is 23.9 Å². The van der Waals surface area contributed by atoms with E-state index in [2.05, 4.69) is 17.3 Å². The number of hydrogen-bond acceptors (Lipinski definition) is 5. The van der Waals surface area contributed by atoms with E-state index in [1.165, 1.54) is 25.0 Å². The summed E-state index contributed by atoms with van der Waals surface area (Å²) < 4.78 is 5.29. The number of anilines is 1. The van der Waals surface area contributed by atoms with Crippen LogP contribution < -0.4 is 10.1 Å². The molecule has 114 valence electrons. The highest BCUT2D eigenvalue weighted by Crippen LogP contribution is 2.37. The Kier molecular flexibility index (Phi) is 3.71. The molecule has 1 aromatic rings. The maximum Gasteiger partial charge on any atom is 0.273 e. The zero-order valence-electron chi connectivity index (χ0n) is 12.4. The summed E-state index contributed by atoms with van der Waals surface area (Å²) in [4.78, 5) is 12.9. The van der Waals surface area contributed by atoms with Crippen LogP contribution in [0, 0.1) is 10.1 Å². The van der Waals surface area contributed by atoms with Gasteiger partial charge in [-0.05, 0) is 38.8 Å². The number of fused-ring (bicyclic) bond motifs is 2. The third kappa shape index (κ3) is 2.68. The molecule has 2 fully saturated rings. The van der Waals surface area contributed by atoms with Gasteiger partial charge < -0.3 is 15.0 Å². The SMILES string of the molecule is COc1cc([N+](=O)[O-])ccc1NC1CC2CCC(C1)N2C. The minimum Gasteiger partial charge on any atom is -0.494 e. The average molecular weight is 291 g/mol. The first-order valence-corrected chi connectivity index (χ1v) is 7.39. The summed E-state index contributed by atoms with van der Waals surface area (Å²) in [5, 5.41) is 14.3. The Bertz CT molecular complexity index is 535. The number of benzene rings is 1. The van der Waals surface area contributed by atoms with Crippen LogP contribution in [0.5, 0.6) is 5.75 Å². The number of piperidine rings is 1. The largest absolute Gasteiger partial charge is 0.494 e. The van der Waals surface area contributed by atoms with Gasteiger partial charge in [-0.25, -0.2) is 0 Å².